The zero-order chi connectivity index (χ0) is 18.8. The average molecular weight is 353 g/mol. The molecule has 1 atom stereocenters. The van der Waals surface area contributed by atoms with Crippen molar-refractivity contribution in [2.24, 2.45) is 0 Å². The Hall–Kier alpha value is -3.15. The molecule has 0 aliphatic heterocycles. The van der Waals surface area contributed by atoms with Gasteiger partial charge in [0.2, 0.25) is 0 Å². The van der Waals surface area contributed by atoms with Crippen molar-refractivity contribution in [3.05, 3.63) is 69.5 Å². The Labute approximate surface area is 150 Å². The number of benzene rings is 2. The minimum Gasteiger partial charge on any atom is -0.497 e. The molecular weight excluding hydrogens is 334 g/mol. The van der Waals surface area contributed by atoms with Crippen molar-refractivity contribution in [3.63, 3.8) is 0 Å². The Kier molecular flexibility index (Phi) is 4.75. The van der Waals surface area contributed by atoms with E-state index in [1.54, 1.807) is 37.4 Å². The minimum atomic E-state index is -0.475. The second-order valence-corrected chi connectivity index (χ2v) is 6.15. The van der Waals surface area contributed by atoms with E-state index in [9.17, 15) is 14.9 Å². The van der Waals surface area contributed by atoms with Crippen LogP contribution in [0.4, 0.5) is 5.69 Å². The number of ether oxygens (including phenoxy) is 1. The first-order valence-electron chi connectivity index (χ1n) is 8.35. The Morgan fingerprint density at radius 2 is 1.92 bits per heavy atom. The van der Waals surface area contributed by atoms with Crippen molar-refractivity contribution in [3.8, 4) is 5.75 Å². The summed E-state index contributed by atoms with van der Waals surface area (Å²) in [7, 11) is 1.56. The van der Waals surface area contributed by atoms with Crippen LogP contribution in [0.15, 0.2) is 46.9 Å². The lowest BCUT2D eigenvalue weighted by Gasteiger charge is -2.08. The summed E-state index contributed by atoms with van der Waals surface area (Å²) in [6, 6.07) is 11.1. The third-order valence-electron chi connectivity index (χ3n) is 4.55. The largest absolute Gasteiger partial charge is 0.497 e. The van der Waals surface area contributed by atoms with Gasteiger partial charge < -0.3 is 9.15 Å². The van der Waals surface area contributed by atoms with E-state index in [1.807, 2.05) is 13.8 Å². The second-order valence-electron chi connectivity index (χ2n) is 6.15. The maximum Gasteiger partial charge on any atom is 0.270 e. The number of carbonyl (C=O) groups excluding carboxylic acids is 1. The average Bonchev–Trinajstić information content (AvgIpc) is 3.05. The number of furan rings is 1. The van der Waals surface area contributed by atoms with Crippen molar-refractivity contribution in [2.75, 3.05) is 7.11 Å². The molecule has 0 aliphatic carbocycles. The molecule has 0 aliphatic rings. The molecule has 1 unspecified atom stereocenters. The highest BCUT2D eigenvalue weighted by Crippen LogP contribution is 2.36. The predicted molar refractivity (Wildman–Crippen MR) is 98.0 cm³/mol. The van der Waals surface area contributed by atoms with Gasteiger partial charge in [-0.3, -0.25) is 14.9 Å². The van der Waals surface area contributed by atoms with Gasteiger partial charge in [0.15, 0.2) is 5.78 Å². The van der Waals surface area contributed by atoms with Crippen molar-refractivity contribution in [2.45, 2.75) is 26.2 Å². The van der Waals surface area contributed by atoms with E-state index in [-0.39, 0.29) is 17.4 Å². The normalized spacial score (nSPS) is 12.1. The van der Waals surface area contributed by atoms with Gasteiger partial charge in [-0.15, -0.1) is 0 Å². The molecule has 6 nitrogen and oxygen atoms in total. The number of nitrogens with zero attached hydrogens (tertiary/aromatic N) is 1. The summed E-state index contributed by atoms with van der Waals surface area (Å²) < 4.78 is 11.0. The summed E-state index contributed by atoms with van der Waals surface area (Å²) in [6.07, 6.45) is 0.783. The standard InChI is InChI=1S/C20H19NO5/c1-4-12(2)20-18(19(22)13-5-8-15(25-3)9-6-13)16-11-14(21(23)24)7-10-17(16)26-20/h5-12H,4H2,1-3H3. The fourth-order valence-corrected chi connectivity index (χ4v) is 2.87. The van der Waals surface area contributed by atoms with Crippen LogP contribution in [0.2, 0.25) is 0 Å². The van der Waals surface area contributed by atoms with E-state index in [0.717, 1.165) is 6.42 Å². The molecule has 1 heterocycles. The Balaban J connectivity index is 2.20. The number of hydrogen-bond donors (Lipinski definition) is 0. The van der Waals surface area contributed by atoms with Crippen molar-refractivity contribution in [1.29, 1.82) is 0 Å². The van der Waals surface area contributed by atoms with Crippen LogP contribution in [-0.4, -0.2) is 17.8 Å². The van der Waals surface area contributed by atoms with Gasteiger partial charge in [0, 0.05) is 29.0 Å². The first kappa shape index (κ1) is 17.7. The molecule has 3 rings (SSSR count). The van der Waals surface area contributed by atoms with Crippen molar-refractivity contribution < 1.29 is 18.9 Å². The lowest BCUT2D eigenvalue weighted by atomic mass is 9.94. The molecule has 0 fully saturated rings. The third-order valence-corrected chi connectivity index (χ3v) is 4.55. The van der Waals surface area contributed by atoms with E-state index in [4.69, 9.17) is 9.15 Å². The van der Waals surface area contributed by atoms with E-state index < -0.39 is 4.92 Å². The van der Waals surface area contributed by atoms with Gasteiger partial charge in [-0.2, -0.15) is 0 Å². The molecule has 6 heteroatoms. The highest BCUT2D eigenvalue weighted by Gasteiger charge is 2.26. The summed E-state index contributed by atoms with van der Waals surface area (Å²) in [5.74, 6) is 1.00. The zero-order valence-corrected chi connectivity index (χ0v) is 14.8. The number of hydrogen-bond acceptors (Lipinski definition) is 5. The van der Waals surface area contributed by atoms with Crippen LogP contribution < -0.4 is 4.74 Å². The summed E-state index contributed by atoms with van der Waals surface area (Å²) in [5.41, 5.74) is 1.27. The molecule has 0 amide bonds. The first-order chi connectivity index (χ1) is 12.5. The second kappa shape index (κ2) is 7.00. The number of nitro groups is 1. The van der Waals surface area contributed by atoms with E-state index in [0.29, 0.717) is 33.6 Å². The number of carbonyl (C=O) groups is 1. The smallest absolute Gasteiger partial charge is 0.270 e. The van der Waals surface area contributed by atoms with Gasteiger partial charge in [-0.05, 0) is 36.8 Å². The van der Waals surface area contributed by atoms with Crippen LogP contribution in [-0.2, 0) is 0 Å². The van der Waals surface area contributed by atoms with Crippen molar-refractivity contribution in [1.82, 2.24) is 0 Å². The Bertz CT molecular complexity index is 972. The lowest BCUT2D eigenvalue weighted by molar-refractivity contribution is -0.384. The molecule has 1 aromatic heterocycles. The number of ketones is 1. The highest BCUT2D eigenvalue weighted by atomic mass is 16.6. The first-order valence-corrected chi connectivity index (χ1v) is 8.35. The third kappa shape index (κ3) is 3.06. The van der Waals surface area contributed by atoms with Crippen LogP contribution in [0.5, 0.6) is 5.75 Å². The van der Waals surface area contributed by atoms with E-state index in [2.05, 4.69) is 0 Å². The molecule has 3 aromatic rings. The fourth-order valence-electron chi connectivity index (χ4n) is 2.87. The molecule has 0 spiro atoms. The van der Waals surface area contributed by atoms with Crippen LogP contribution in [0.3, 0.4) is 0 Å². The van der Waals surface area contributed by atoms with Gasteiger partial charge >= 0.3 is 0 Å². The topological polar surface area (TPSA) is 82.6 Å². The van der Waals surface area contributed by atoms with E-state index >= 15 is 0 Å². The maximum absolute atomic E-state index is 13.2. The van der Waals surface area contributed by atoms with Gasteiger partial charge in [0.25, 0.3) is 5.69 Å². The monoisotopic (exact) mass is 353 g/mol. The van der Waals surface area contributed by atoms with Crippen LogP contribution in [0, 0.1) is 10.1 Å². The summed E-state index contributed by atoms with van der Waals surface area (Å²) >= 11 is 0. The molecule has 0 bridgehead atoms. The molecule has 0 saturated carbocycles. The molecule has 26 heavy (non-hydrogen) atoms. The highest BCUT2D eigenvalue weighted by molar-refractivity contribution is 6.17. The van der Waals surface area contributed by atoms with Gasteiger partial charge in [0.1, 0.15) is 17.1 Å². The summed E-state index contributed by atoms with van der Waals surface area (Å²) in [6.45, 7) is 3.97. The van der Waals surface area contributed by atoms with Crippen molar-refractivity contribution >= 4 is 22.4 Å². The zero-order valence-electron chi connectivity index (χ0n) is 14.8. The van der Waals surface area contributed by atoms with Crippen LogP contribution >= 0.6 is 0 Å². The molecule has 0 saturated heterocycles. The number of nitro benzene ring substituents is 1. The molecular formula is C20H19NO5. The van der Waals surface area contributed by atoms with Gasteiger partial charge in [0.05, 0.1) is 17.6 Å². The van der Waals surface area contributed by atoms with Crippen LogP contribution in [0.25, 0.3) is 11.0 Å². The number of non-ortho nitro benzene ring substituents is 1. The Morgan fingerprint density at radius 1 is 1.23 bits per heavy atom. The number of fused-ring (bicyclic) bond motifs is 1. The minimum absolute atomic E-state index is 0.0126. The number of rotatable bonds is 6. The Morgan fingerprint density at radius 3 is 2.50 bits per heavy atom. The van der Waals surface area contributed by atoms with Gasteiger partial charge in [-0.25, -0.2) is 0 Å². The maximum atomic E-state index is 13.2. The lowest BCUT2D eigenvalue weighted by Crippen LogP contribution is -2.05. The van der Waals surface area contributed by atoms with Gasteiger partial charge in [-0.1, -0.05) is 13.8 Å². The SMILES string of the molecule is CCC(C)c1oc2ccc([N+](=O)[O-])cc2c1C(=O)c1ccc(OC)cc1. The summed E-state index contributed by atoms with van der Waals surface area (Å²) in [5, 5.41) is 11.6. The summed E-state index contributed by atoms with van der Waals surface area (Å²) in [4.78, 5) is 23.8. The molecule has 134 valence electrons. The molecule has 0 radical (unpaired) electrons. The fraction of sp³-hybridized carbons (Fsp3) is 0.250. The van der Waals surface area contributed by atoms with Crippen LogP contribution in [0.1, 0.15) is 47.9 Å². The molecule has 2 aromatic carbocycles. The quantitative estimate of drug-likeness (QED) is 0.350. The predicted octanol–water partition coefficient (Wildman–Crippen LogP) is 5.09. The van der Waals surface area contributed by atoms with E-state index in [1.165, 1.54) is 12.1 Å². The number of methoxy groups -OCH3 is 1. The molecule has 0 N–H and O–H groups in total.